The molecule has 2 aliphatic heterocycles. The van der Waals surface area contributed by atoms with Crippen LogP contribution in [0.1, 0.15) is 57.8 Å². The molecule has 0 unspecified atom stereocenters. The summed E-state index contributed by atoms with van der Waals surface area (Å²) in [6, 6.07) is -0.0986. The predicted molar refractivity (Wildman–Crippen MR) is 102 cm³/mol. The number of aliphatic hydroxyl groups is 1. The van der Waals surface area contributed by atoms with Gasteiger partial charge in [-0.1, -0.05) is 6.42 Å². The van der Waals surface area contributed by atoms with Crippen LogP contribution in [0.3, 0.4) is 0 Å². The van der Waals surface area contributed by atoms with Gasteiger partial charge in [-0.2, -0.15) is 0 Å². The van der Waals surface area contributed by atoms with E-state index in [0.29, 0.717) is 13.0 Å². The minimum atomic E-state index is -0.346. The Morgan fingerprint density at radius 3 is 2.56 bits per heavy atom. The van der Waals surface area contributed by atoms with Crippen molar-refractivity contribution in [3.8, 4) is 0 Å². The standard InChI is InChI=1S/C20H35N3O4/c24-14-18-17(22-20(26)15-4-5-15)7-6-16(27-18)8-10-21-19(25)9-13-23-11-2-1-3-12-23/h15-18,24H,1-14H2,(H,21,25)(H,22,26)/t16-,17-,18+/m0/s1. The molecule has 1 saturated carbocycles. The molecule has 2 amide bonds. The van der Waals surface area contributed by atoms with Gasteiger partial charge in [0, 0.05) is 25.4 Å². The van der Waals surface area contributed by atoms with Crippen molar-refractivity contribution in [2.75, 3.05) is 32.8 Å². The quantitative estimate of drug-likeness (QED) is 0.550. The highest BCUT2D eigenvalue weighted by molar-refractivity contribution is 5.81. The third kappa shape index (κ3) is 6.73. The highest BCUT2D eigenvalue weighted by Gasteiger charge is 2.36. The lowest BCUT2D eigenvalue weighted by Crippen LogP contribution is -2.51. The summed E-state index contributed by atoms with van der Waals surface area (Å²) in [6.07, 6.45) is 8.39. The summed E-state index contributed by atoms with van der Waals surface area (Å²) in [5.41, 5.74) is 0. The number of nitrogens with zero attached hydrogens (tertiary/aromatic N) is 1. The van der Waals surface area contributed by atoms with Crippen molar-refractivity contribution in [3.63, 3.8) is 0 Å². The maximum Gasteiger partial charge on any atom is 0.223 e. The Labute approximate surface area is 162 Å². The number of carbonyl (C=O) groups is 2. The van der Waals surface area contributed by atoms with Gasteiger partial charge in [-0.3, -0.25) is 9.59 Å². The average Bonchev–Trinajstić information content (AvgIpc) is 3.53. The van der Waals surface area contributed by atoms with Crippen LogP contribution < -0.4 is 10.6 Å². The van der Waals surface area contributed by atoms with Crippen LogP contribution in [-0.2, 0) is 14.3 Å². The minimum absolute atomic E-state index is 0.0265. The van der Waals surface area contributed by atoms with Crippen LogP contribution in [0.25, 0.3) is 0 Å². The van der Waals surface area contributed by atoms with Gasteiger partial charge < -0.3 is 25.4 Å². The van der Waals surface area contributed by atoms with Gasteiger partial charge in [0.1, 0.15) is 6.10 Å². The number of ether oxygens (including phenoxy) is 1. The van der Waals surface area contributed by atoms with Gasteiger partial charge in [-0.15, -0.1) is 0 Å². The van der Waals surface area contributed by atoms with Crippen molar-refractivity contribution in [1.29, 1.82) is 0 Å². The van der Waals surface area contributed by atoms with Crippen molar-refractivity contribution in [3.05, 3.63) is 0 Å². The zero-order chi connectivity index (χ0) is 19.1. The van der Waals surface area contributed by atoms with Crippen LogP contribution in [0.15, 0.2) is 0 Å². The number of nitrogens with one attached hydrogen (secondary N) is 2. The summed E-state index contributed by atoms with van der Waals surface area (Å²) in [7, 11) is 0. The van der Waals surface area contributed by atoms with E-state index in [0.717, 1.165) is 51.7 Å². The van der Waals surface area contributed by atoms with E-state index in [4.69, 9.17) is 4.74 Å². The van der Waals surface area contributed by atoms with Gasteiger partial charge >= 0.3 is 0 Å². The highest BCUT2D eigenvalue weighted by Crippen LogP contribution is 2.30. The van der Waals surface area contributed by atoms with Gasteiger partial charge in [0.25, 0.3) is 0 Å². The van der Waals surface area contributed by atoms with Gasteiger partial charge in [-0.25, -0.2) is 0 Å². The lowest BCUT2D eigenvalue weighted by molar-refractivity contribution is -0.130. The first-order valence-electron chi connectivity index (χ1n) is 10.7. The van der Waals surface area contributed by atoms with E-state index in [1.54, 1.807) is 0 Å². The van der Waals surface area contributed by atoms with Gasteiger partial charge in [-0.05, 0) is 58.0 Å². The Morgan fingerprint density at radius 2 is 1.85 bits per heavy atom. The fourth-order valence-electron chi connectivity index (χ4n) is 4.06. The van der Waals surface area contributed by atoms with Gasteiger partial charge in [0.2, 0.25) is 11.8 Å². The second-order valence-electron chi connectivity index (χ2n) is 8.24. The molecule has 3 N–H and O–H groups in total. The molecule has 7 nitrogen and oxygen atoms in total. The third-order valence-corrected chi connectivity index (χ3v) is 5.96. The Morgan fingerprint density at radius 1 is 1.07 bits per heavy atom. The molecule has 3 atom stereocenters. The number of piperidine rings is 1. The van der Waals surface area contributed by atoms with Crippen LogP contribution in [0.2, 0.25) is 0 Å². The van der Waals surface area contributed by atoms with Crippen LogP contribution in [-0.4, -0.2) is 72.9 Å². The lowest BCUT2D eigenvalue weighted by Gasteiger charge is -2.36. The molecule has 0 aromatic carbocycles. The topological polar surface area (TPSA) is 90.9 Å². The van der Waals surface area contributed by atoms with Crippen molar-refractivity contribution in [2.24, 2.45) is 5.92 Å². The molecule has 7 heteroatoms. The van der Waals surface area contributed by atoms with Crippen molar-refractivity contribution in [1.82, 2.24) is 15.5 Å². The van der Waals surface area contributed by atoms with Crippen LogP contribution >= 0.6 is 0 Å². The van der Waals surface area contributed by atoms with Crippen molar-refractivity contribution in [2.45, 2.75) is 76.0 Å². The number of likely N-dealkylation sites (tertiary alicyclic amines) is 1. The maximum atomic E-state index is 12.0. The van der Waals surface area contributed by atoms with E-state index in [1.165, 1.54) is 19.3 Å². The van der Waals surface area contributed by atoms with Crippen molar-refractivity contribution < 1.29 is 19.4 Å². The fourth-order valence-corrected chi connectivity index (χ4v) is 4.06. The smallest absolute Gasteiger partial charge is 0.223 e. The number of aliphatic hydroxyl groups excluding tert-OH is 1. The van der Waals surface area contributed by atoms with Gasteiger partial charge in [0.05, 0.1) is 18.8 Å². The SMILES string of the molecule is O=C(CCN1CCCCC1)NCC[C@@H]1CC[C@H](NC(=O)C2CC2)[C@@H](CO)O1. The Bertz CT molecular complexity index is 492. The molecule has 1 aliphatic carbocycles. The molecule has 0 aromatic rings. The van der Waals surface area contributed by atoms with E-state index >= 15 is 0 Å². The molecule has 0 radical (unpaired) electrons. The van der Waals surface area contributed by atoms with E-state index in [-0.39, 0.29) is 42.6 Å². The molecule has 154 valence electrons. The summed E-state index contributed by atoms with van der Waals surface area (Å²) in [6.45, 7) is 3.59. The molecule has 2 heterocycles. The van der Waals surface area contributed by atoms with Gasteiger partial charge in [0.15, 0.2) is 0 Å². The zero-order valence-corrected chi connectivity index (χ0v) is 16.3. The van der Waals surface area contributed by atoms with Crippen molar-refractivity contribution >= 4 is 11.8 Å². The lowest BCUT2D eigenvalue weighted by atomic mass is 9.97. The third-order valence-electron chi connectivity index (χ3n) is 5.96. The largest absolute Gasteiger partial charge is 0.394 e. The summed E-state index contributed by atoms with van der Waals surface area (Å²) in [4.78, 5) is 26.3. The highest BCUT2D eigenvalue weighted by atomic mass is 16.5. The molecular weight excluding hydrogens is 346 g/mol. The Kier molecular flexibility index (Phi) is 7.91. The number of hydrogen-bond donors (Lipinski definition) is 3. The van der Waals surface area contributed by atoms with Crippen LogP contribution in [0, 0.1) is 5.92 Å². The average molecular weight is 382 g/mol. The molecule has 0 aromatic heterocycles. The number of carbonyl (C=O) groups excluding carboxylic acids is 2. The summed E-state index contributed by atoms with van der Waals surface area (Å²) >= 11 is 0. The molecule has 3 rings (SSSR count). The second-order valence-corrected chi connectivity index (χ2v) is 8.24. The van der Waals surface area contributed by atoms with E-state index in [2.05, 4.69) is 15.5 Å². The fraction of sp³-hybridized carbons (Fsp3) is 0.900. The molecule has 0 spiro atoms. The summed E-state index contributed by atoms with van der Waals surface area (Å²) in [5.74, 6) is 0.369. The normalized spacial score (nSPS) is 29.3. The predicted octanol–water partition coefficient (Wildman–Crippen LogP) is 0.803. The monoisotopic (exact) mass is 381 g/mol. The molecule has 27 heavy (non-hydrogen) atoms. The first kappa shape index (κ1) is 20.6. The zero-order valence-electron chi connectivity index (χ0n) is 16.3. The first-order valence-corrected chi connectivity index (χ1v) is 10.7. The van der Waals surface area contributed by atoms with Crippen LogP contribution in [0.4, 0.5) is 0 Å². The summed E-state index contributed by atoms with van der Waals surface area (Å²) in [5, 5.41) is 15.6. The Balaban J connectivity index is 1.29. The molecular formula is C20H35N3O4. The molecule has 3 aliphatic rings. The number of rotatable bonds is 9. The maximum absolute atomic E-state index is 12.0. The van der Waals surface area contributed by atoms with Crippen LogP contribution in [0.5, 0.6) is 0 Å². The molecule has 0 bridgehead atoms. The molecule has 2 saturated heterocycles. The first-order chi connectivity index (χ1) is 13.2. The second kappa shape index (κ2) is 10.4. The Hall–Kier alpha value is -1.18. The van der Waals surface area contributed by atoms with E-state index in [9.17, 15) is 14.7 Å². The molecule has 3 fully saturated rings. The minimum Gasteiger partial charge on any atom is -0.394 e. The van der Waals surface area contributed by atoms with E-state index < -0.39 is 0 Å². The number of amides is 2. The summed E-state index contributed by atoms with van der Waals surface area (Å²) < 4.78 is 5.96. The van der Waals surface area contributed by atoms with E-state index in [1.807, 2.05) is 0 Å². The number of hydrogen-bond acceptors (Lipinski definition) is 5.